The molecule has 6 nitrogen and oxygen atoms in total. The lowest BCUT2D eigenvalue weighted by Gasteiger charge is -2.34. The van der Waals surface area contributed by atoms with Gasteiger partial charge in [0.05, 0.1) is 13.5 Å². The lowest BCUT2D eigenvalue weighted by molar-refractivity contribution is -0.115. The molecule has 2 heterocycles. The van der Waals surface area contributed by atoms with E-state index in [1.54, 1.807) is 7.11 Å². The van der Waals surface area contributed by atoms with Gasteiger partial charge in [0.1, 0.15) is 5.75 Å². The first-order valence-electron chi connectivity index (χ1n) is 10.0. The predicted octanol–water partition coefficient (Wildman–Crippen LogP) is 3.42. The van der Waals surface area contributed by atoms with Gasteiger partial charge in [-0.15, -0.1) is 0 Å². The number of amides is 1. The van der Waals surface area contributed by atoms with Crippen LogP contribution in [-0.2, 0) is 11.2 Å². The van der Waals surface area contributed by atoms with Crippen LogP contribution in [0.3, 0.4) is 0 Å². The Hall–Kier alpha value is -2.99. The third-order valence-electron chi connectivity index (χ3n) is 5.53. The average molecular weight is 393 g/mol. The second-order valence-corrected chi connectivity index (χ2v) is 7.77. The number of anilines is 2. The molecule has 2 aromatic carbocycles. The van der Waals surface area contributed by atoms with Crippen LogP contribution in [0.1, 0.15) is 11.1 Å². The summed E-state index contributed by atoms with van der Waals surface area (Å²) in [6.07, 6.45) is 2.18. The summed E-state index contributed by atoms with van der Waals surface area (Å²) in [7, 11) is 3.80. The van der Waals surface area contributed by atoms with Gasteiger partial charge < -0.3 is 24.8 Å². The van der Waals surface area contributed by atoms with Crippen LogP contribution in [0.15, 0.2) is 42.6 Å². The van der Waals surface area contributed by atoms with E-state index in [2.05, 4.69) is 46.2 Å². The molecule has 1 aromatic heterocycles. The third-order valence-corrected chi connectivity index (χ3v) is 5.53. The van der Waals surface area contributed by atoms with E-state index >= 15 is 0 Å². The van der Waals surface area contributed by atoms with E-state index in [1.165, 1.54) is 5.69 Å². The predicted molar refractivity (Wildman–Crippen MR) is 118 cm³/mol. The summed E-state index contributed by atoms with van der Waals surface area (Å²) in [5, 5.41) is 4.05. The molecule has 0 atom stereocenters. The normalized spacial score (nSPS) is 14.9. The molecule has 3 aromatic rings. The highest BCUT2D eigenvalue weighted by atomic mass is 16.5. The Morgan fingerprint density at radius 2 is 1.97 bits per heavy atom. The highest BCUT2D eigenvalue weighted by Gasteiger charge is 2.16. The molecule has 6 heteroatoms. The number of hydrogen-bond donors (Lipinski definition) is 2. The van der Waals surface area contributed by atoms with E-state index in [4.69, 9.17) is 4.74 Å². The Balaban J connectivity index is 1.50. The first-order valence-corrected chi connectivity index (χ1v) is 10.0. The Kier molecular flexibility index (Phi) is 5.45. The molecule has 0 aliphatic carbocycles. The zero-order valence-corrected chi connectivity index (χ0v) is 17.3. The van der Waals surface area contributed by atoms with E-state index in [1.807, 2.05) is 30.5 Å². The minimum absolute atomic E-state index is 0.0354. The van der Waals surface area contributed by atoms with Gasteiger partial charge in [-0.05, 0) is 55.4 Å². The zero-order chi connectivity index (χ0) is 20.4. The molecule has 4 rings (SSSR count). The minimum Gasteiger partial charge on any atom is -0.496 e. The molecule has 0 spiro atoms. The van der Waals surface area contributed by atoms with Gasteiger partial charge >= 0.3 is 0 Å². The summed E-state index contributed by atoms with van der Waals surface area (Å²) in [6.45, 7) is 6.18. The van der Waals surface area contributed by atoms with Crippen LogP contribution in [0.4, 0.5) is 11.4 Å². The molecule has 1 aliphatic rings. The maximum Gasteiger partial charge on any atom is 0.228 e. The molecule has 0 unspecified atom stereocenters. The lowest BCUT2D eigenvalue weighted by Crippen LogP contribution is -2.44. The molecule has 1 aliphatic heterocycles. The number of benzene rings is 2. The SMILES string of the molecule is COc1cccc2[nH]cc(CC(=O)Nc3cc(C)cc(N4CCN(C)CC4)c3)c12. The number of aryl methyl sites for hydroxylation is 1. The zero-order valence-electron chi connectivity index (χ0n) is 17.3. The number of carbonyl (C=O) groups is 1. The number of methoxy groups -OCH3 is 1. The van der Waals surface area contributed by atoms with Gasteiger partial charge in [-0.1, -0.05) is 6.07 Å². The molecule has 1 amide bonds. The van der Waals surface area contributed by atoms with E-state index < -0.39 is 0 Å². The molecule has 0 bridgehead atoms. The fourth-order valence-corrected chi connectivity index (χ4v) is 3.99. The van der Waals surface area contributed by atoms with Crippen LogP contribution in [0.25, 0.3) is 10.9 Å². The van der Waals surface area contributed by atoms with Crippen LogP contribution in [-0.4, -0.2) is 56.1 Å². The van der Waals surface area contributed by atoms with Crippen molar-refractivity contribution in [3.63, 3.8) is 0 Å². The number of fused-ring (bicyclic) bond motifs is 1. The van der Waals surface area contributed by atoms with Crippen molar-refractivity contribution >= 4 is 28.2 Å². The Bertz CT molecular complexity index is 1020. The maximum absolute atomic E-state index is 12.8. The standard InChI is InChI=1S/C23H28N4O2/c1-16-11-18(14-19(12-16)27-9-7-26(2)8-10-27)25-22(28)13-17-15-24-20-5-4-6-21(29-3)23(17)20/h4-6,11-12,14-15,24H,7-10,13H2,1-3H3,(H,25,28). The third kappa shape index (κ3) is 4.22. The van der Waals surface area contributed by atoms with Gasteiger partial charge in [0.15, 0.2) is 0 Å². The van der Waals surface area contributed by atoms with Crippen molar-refractivity contribution in [2.45, 2.75) is 13.3 Å². The fraction of sp³-hybridized carbons (Fsp3) is 0.348. The minimum atomic E-state index is -0.0354. The number of piperazine rings is 1. The van der Waals surface area contributed by atoms with E-state index in [0.717, 1.165) is 59.6 Å². The molecule has 0 saturated carbocycles. The van der Waals surface area contributed by atoms with Gasteiger partial charge in [0, 0.05) is 54.7 Å². The molecule has 1 saturated heterocycles. The summed E-state index contributed by atoms with van der Waals surface area (Å²) in [5.74, 6) is 0.742. The molecule has 152 valence electrons. The lowest BCUT2D eigenvalue weighted by atomic mass is 10.1. The van der Waals surface area contributed by atoms with Gasteiger partial charge in [-0.25, -0.2) is 0 Å². The van der Waals surface area contributed by atoms with Crippen molar-refractivity contribution < 1.29 is 9.53 Å². The smallest absolute Gasteiger partial charge is 0.228 e. The first-order chi connectivity index (χ1) is 14.0. The number of ether oxygens (including phenoxy) is 1. The molecule has 29 heavy (non-hydrogen) atoms. The number of likely N-dealkylation sites (N-methyl/N-ethyl adjacent to an activating group) is 1. The molecular weight excluding hydrogens is 364 g/mol. The number of hydrogen-bond acceptors (Lipinski definition) is 4. The number of rotatable bonds is 5. The molecule has 2 N–H and O–H groups in total. The summed E-state index contributed by atoms with van der Waals surface area (Å²) in [6, 6.07) is 12.1. The summed E-state index contributed by atoms with van der Waals surface area (Å²) in [5.41, 5.74) is 5.06. The van der Waals surface area contributed by atoms with Crippen LogP contribution < -0.4 is 15.0 Å². The molecule has 0 radical (unpaired) electrons. The quantitative estimate of drug-likeness (QED) is 0.699. The highest BCUT2D eigenvalue weighted by Crippen LogP contribution is 2.29. The van der Waals surface area contributed by atoms with Crippen molar-refractivity contribution in [3.05, 3.63) is 53.7 Å². The Labute approximate surface area is 171 Å². The fourth-order valence-electron chi connectivity index (χ4n) is 3.99. The van der Waals surface area contributed by atoms with Crippen molar-refractivity contribution in [1.29, 1.82) is 0 Å². The monoisotopic (exact) mass is 392 g/mol. The summed E-state index contributed by atoms with van der Waals surface area (Å²) < 4.78 is 5.47. The van der Waals surface area contributed by atoms with Crippen molar-refractivity contribution in [1.82, 2.24) is 9.88 Å². The van der Waals surface area contributed by atoms with E-state index in [-0.39, 0.29) is 12.3 Å². The van der Waals surface area contributed by atoms with Gasteiger partial charge in [0.25, 0.3) is 0 Å². The van der Waals surface area contributed by atoms with Gasteiger partial charge in [0.2, 0.25) is 5.91 Å². The number of aromatic amines is 1. The van der Waals surface area contributed by atoms with Crippen LogP contribution in [0.5, 0.6) is 5.75 Å². The van der Waals surface area contributed by atoms with Crippen LogP contribution >= 0.6 is 0 Å². The van der Waals surface area contributed by atoms with Gasteiger partial charge in [-0.3, -0.25) is 4.79 Å². The average Bonchev–Trinajstić information content (AvgIpc) is 3.11. The van der Waals surface area contributed by atoms with Crippen molar-refractivity contribution in [2.75, 3.05) is 50.6 Å². The highest BCUT2D eigenvalue weighted by molar-refractivity contribution is 5.97. The number of nitrogens with one attached hydrogen (secondary N) is 2. The number of carbonyl (C=O) groups excluding carboxylic acids is 1. The number of H-pyrrole nitrogens is 1. The topological polar surface area (TPSA) is 60.6 Å². The number of aromatic nitrogens is 1. The molecule has 1 fully saturated rings. The summed E-state index contributed by atoms with van der Waals surface area (Å²) >= 11 is 0. The Morgan fingerprint density at radius 3 is 2.72 bits per heavy atom. The first kappa shape index (κ1) is 19.3. The van der Waals surface area contributed by atoms with E-state index in [0.29, 0.717) is 0 Å². The van der Waals surface area contributed by atoms with Crippen LogP contribution in [0.2, 0.25) is 0 Å². The van der Waals surface area contributed by atoms with E-state index in [9.17, 15) is 4.79 Å². The van der Waals surface area contributed by atoms with Crippen molar-refractivity contribution in [2.24, 2.45) is 0 Å². The second-order valence-electron chi connectivity index (χ2n) is 7.77. The number of nitrogens with zero attached hydrogens (tertiary/aromatic N) is 2. The maximum atomic E-state index is 12.8. The largest absolute Gasteiger partial charge is 0.496 e. The second kappa shape index (κ2) is 8.17. The molecular formula is C23H28N4O2. The van der Waals surface area contributed by atoms with Gasteiger partial charge in [-0.2, -0.15) is 0 Å². The van der Waals surface area contributed by atoms with Crippen molar-refractivity contribution in [3.8, 4) is 5.75 Å². The van der Waals surface area contributed by atoms with Crippen LogP contribution in [0, 0.1) is 6.92 Å². The summed E-state index contributed by atoms with van der Waals surface area (Å²) in [4.78, 5) is 20.7. The Morgan fingerprint density at radius 1 is 1.17 bits per heavy atom.